The average Bonchev–Trinajstić information content (AvgIpc) is 2.69. The summed E-state index contributed by atoms with van der Waals surface area (Å²) in [5.74, 6) is -0.231. The maximum atomic E-state index is 13.5. The molecule has 2 unspecified atom stereocenters. The average molecular weight is 400 g/mol. The standard InChI is InChI=1S/C23H30FN3O2/c1-16-7-8-19(14-21(16)26-23(28)9-11-27(2)3)25-20-10-12-29-22(15-20)17-5-4-6-18(24)13-17/h4-8,13-14,20,22,25H,9-12,15H2,1-3H3,(H,26,28). The van der Waals surface area contributed by atoms with Gasteiger partial charge in [-0.25, -0.2) is 4.39 Å². The number of carbonyl (C=O) groups excluding carboxylic acids is 1. The van der Waals surface area contributed by atoms with Crippen molar-refractivity contribution in [2.45, 2.75) is 38.3 Å². The molecule has 2 aromatic rings. The van der Waals surface area contributed by atoms with Gasteiger partial charge in [0.15, 0.2) is 0 Å². The molecule has 5 nitrogen and oxygen atoms in total. The second-order valence-electron chi connectivity index (χ2n) is 7.91. The first kappa shape index (κ1) is 21.3. The first-order valence-electron chi connectivity index (χ1n) is 10.1. The number of anilines is 2. The Morgan fingerprint density at radius 2 is 2.07 bits per heavy atom. The SMILES string of the molecule is Cc1ccc(NC2CCOC(c3cccc(F)c3)C2)cc1NC(=O)CCN(C)C. The van der Waals surface area contributed by atoms with E-state index in [0.29, 0.717) is 19.6 Å². The van der Waals surface area contributed by atoms with Crippen LogP contribution in [-0.4, -0.2) is 44.1 Å². The van der Waals surface area contributed by atoms with Crippen LogP contribution in [-0.2, 0) is 9.53 Å². The highest BCUT2D eigenvalue weighted by atomic mass is 19.1. The monoisotopic (exact) mass is 399 g/mol. The lowest BCUT2D eigenvalue weighted by Gasteiger charge is -2.31. The molecule has 156 valence electrons. The van der Waals surface area contributed by atoms with E-state index in [4.69, 9.17) is 4.74 Å². The van der Waals surface area contributed by atoms with E-state index >= 15 is 0 Å². The van der Waals surface area contributed by atoms with Crippen LogP contribution < -0.4 is 10.6 Å². The number of rotatable bonds is 7. The highest BCUT2D eigenvalue weighted by Gasteiger charge is 2.24. The molecule has 0 bridgehead atoms. The smallest absolute Gasteiger partial charge is 0.225 e. The Bertz CT molecular complexity index is 841. The summed E-state index contributed by atoms with van der Waals surface area (Å²) in [4.78, 5) is 14.2. The first-order valence-corrected chi connectivity index (χ1v) is 10.1. The van der Waals surface area contributed by atoms with Gasteiger partial charge in [0, 0.05) is 37.0 Å². The molecule has 1 saturated heterocycles. The number of hydrogen-bond acceptors (Lipinski definition) is 4. The molecule has 0 aliphatic carbocycles. The number of nitrogens with one attached hydrogen (secondary N) is 2. The third kappa shape index (κ3) is 6.27. The van der Waals surface area contributed by atoms with Crippen LogP contribution in [0.15, 0.2) is 42.5 Å². The molecule has 0 radical (unpaired) electrons. The molecule has 2 N–H and O–H groups in total. The molecule has 6 heteroatoms. The Morgan fingerprint density at radius 1 is 1.24 bits per heavy atom. The molecule has 1 aliphatic heterocycles. The first-order chi connectivity index (χ1) is 13.9. The number of benzene rings is 2. The maximum Gasteiger partial charge on any atom is 0.225 e. The number of ether oxygens (including phenoxy) is 1. The molecule has 1 amide bonds. The van der Waals surface area contributed by atoms with Gasteiger partial charge >= 0.3 is 0 Å². The summed E-state index contributed by atoms with van der Waals surface area (Å²) in [5.41, 5.74) is 3.68. The van der Waals surface area contributed by atoms with Gasteiger partial charge in [0.05, 0.1) is 6.10 Å². The van der Waals surface area contributed by atoms with Crippen molar-refractivity contribution in [1.82, 2.24) is 4.90 Å². The van der Waals surface area contributed by atoms with Crippen LogP contribution in [0, 0.1) is 12.7 Å². The molecule has 2 aromatic carbocycles. The van der Waals surface area contributed by atoms with E-state index in [-0.39, 0.29) is 23.9 Å². The van der Waals surface area contributed by atoms with E-state index < -0.39 is 0 Å². The zero-order valence-corrected chi connectivity index (χ0v) is 17.4. The number of carbonyl (C=O) groups is 1. The molecule has 3 rings (SSSR count). The zero-order chi connectivity index (χ0) is 20.8. The minimum atomic E-state index is -0.241. The predicted octanol–water partition coefficient (Wildman–Crippen LogP) is 4.36. The summed E-state index contributed by atoms with van der Waals surface area (Å²) in [6, 6.07) is 12.8. The summed E-state index contributed by atoms with van der Waals surface area (Å²) in [6.45, 7) is 3.32. The Hall–Kier alpha value is -2.44. The predicted molar refractivity (Wildman–Crippen MR) is 115 cm³/mol. The van der Waals surface area contributed by atoms with Crippen LogP contribution in [0.1, 0.15) is 36.5 Å². The van der Waals surface area contributed by atoms with Crippen molar-refractivity contribution >= 4 is 17.3 Å². The maximum absolute atomic E-state index is 13.5. The Balaban J connectivity index is 1.63. The van der Waals surface area contributed by atoms with Crippen LogP contribution in [0.2, 0.25) is 0 Å². The van der Waals surface area contributed by atoms with Crippen LogP contribution in [0.4, 0.5) is 15.8 Å². The summed E-state index contributed by atoms with van der Waals surface area (Å²) < 4.78 is 19.4. The third-order valence-electron chi connectivity index (χ3n) is 5.17. The summed E-state index contributed by atoms with van der Waals surface area (Å²) in [7, 11) is 3.90. The topological polar surface area (TPSA) is 53.6 Å². The van der Waals surface area contributed by atoms with Crippen molar-refractivity contribution in [2.75, 3.05) is 37.9 Å². The lowest BCUT2D eigenvalue weighted by atomic mass is 9.97. The molecule has 29 heavy (non-hydrogen) atoms. The van der Waals surface area contributed by atoms with Crippen LogP contribution in [0.25, 0.3) is 0 Å². The lowest BCUT2D eigenvalue weighted by molar-refractivity contribution is -0.116. The fraction of sp³-hybridized carbons (Fsp3) is 0.435. The van der Waals surface area contributed by atoms with Gasteiger partial charge in [-0.15, -0.1) is 0 Å². The van der Waals surface area contributed by atoms with Gasteiger partial charge in [0.25, 0.3) is 0 Å². The third-order valence-corrected chi connectivity index (χ3v) is 5.17. The molecule has 1 aliphatic rings. The van der Waals surface area contributed by atoms with Crippen molar-refractivity contribution in [3.8, 4) is 0 Å². The highest BCUT2D eigenvalue weighted by Crippen LogP contribution is 2.31. The van der Waals surface area contributed by atoms with E-state index in [9.17, 15) is 9.18 Å². The van der Waals surface area contributed by atoms with Gasteiger partial charge in [-0.2, -0.15) is 0 Å². The second kappa shape index (κ2) is 9.85. The molecular formula is C23H30FN3O2. The fourth-order valence-corrected chi connectivity index (χ4v) is 3.49. The molecule has 1 heterocycles. The lowest BCUT2D eigenvalue weighted by Crippen LogP contribution is -2.30. The minimum Gasteiger partial charge on any atom is -0.382 e. The molecule has 0 saturated carbocycles. The van der Waals surface area contributed by atoms with Gasteiger partial charge in [-0.05, 0) is 69.3 Å². The molecule has 2 atom stereocenters. The van der Waals surface area contributed by atoms with Crippen LogP contribution >= 0.6 is 0 Å². The second-order valence-corrected chi connectivity index (χ2v) is 7.91. The Morgan fingerprint density at radius 3 is 2.83 bits per heavy atom. The largest absolute Gasteiger partial charge is 0.382 e. The van der Waals surface area contributed by atoms with Gasteiger partial charge in [0.2, 0.25) is 5.91 Å². The normalized spacial score (nSPS) is 19.2. The molecule has 1 fully saturated rings. The van der Waals surface area contributed by atoms with Crippen molar-refractivity contribution in [2.24, 2.45) is 0 Å². The molecule has 0 aromatic heterocycles. The Labute approximate surface area is 172 Å². The number of halogens is 1. The van der Waals surface area contributed by atoms with Crippen molar-refractivity contribution in [3.05, 3.63) is 59.4 Å². The highest BCUT2D eigenvalue weighted by molar-refractivity contribution is 5.92. The van der Waals surface area contributed by atoms with Gasteiger partial charge < -0.3 is 20.3 Å². The van der Waals surface area contributed by atoms with E-state index in [1.807, 2.05) is 50.2 Å². The van der Waals surface area contributed by atoms with Crippen molar-refractivity contribution in [1.29, 1.82) is 0 Å². The minimum absolute atomic E-state index is 0.0104. The molecular weight excluding hydrogens is 369 g/mol. The quantitative estimate of drug-likeness (QED) is 0.727. The van der Waals surface area contributed by atoms with Crippen molar-refractivity contribution < 1.29 is 13.9 Å². The summed E-state index contributed by atoms with van der Waals surface area (Å²) >= 11 is 0. The van der Waals surface area contributed by atoms with Gasteiger partial charge in [0.1, 0.15) is 5.82 Å². The Kier molecular flexibility index (Phi) is 7.23. The van der Waals surface area contributed by atoms with Gasteiger partial charge in [-0.1, -0.05) is 18.2 Å². The van der Waals surface area contributed by atoms with E-state index in [2.05, 4.69) is 10.6 Å². The van der Waals surface area contributed by atoms with E-state index in [0.717, 1.165) is 35.3 Å². The van der Waals surface area contributed by atoms with E-state index in [1.54, 1.807) is 12.1 Å². The number of aryl methyl sites for hydroxylation is 1. The van der Waals surface area contributed by atoms with E-state index in [1.165, 1.54) is 6.07 Å². The number of hydrogen-bond donors (Lipinski definition) is 2. The van der Waals surface area contributed by atoms with Gasteiger partial charge in [-0.3, -0.25) is 4.79 Å². The number of nitrogens with zero attached hydrogens (tertiary/aromatic N) is 1. The zero-order valence-electron chi connectivity index (χ0n) is 17.4. The number of amides is 1. The molecule has 0 spiro atoms. The fourth-order valence-electron chi connectivity index (χ4n) is 3.49. The summed E-state index contributed by atoms with van der Waals surface area (Å²) in [6.07, 6.45) is 1.98. The van der Waals surface area contributed by atoms with Crippen molar-refractivity contribution in [3.63, 3.8) is 0 Å². The van der Waals surface area contributed by atoms with Crippen LogP contribution in [0.5, 0.6) is 0 Å². The van der Waals surface area contributed by atoms with Crippen LogP contribution in [0.3, 0.4) is 0 Å². The summed E-state index contributed by atoms with van der Waals surface area (Å²) in [5, 5.41) is 6.57.